The molecule has 0 amide bonds. The molecule has 0 aromatic heterocycles. The van der Waals surface area contributed by atoms with Crippen molar-refractivity contribution < 1.29 is 0 Å². The van der Waals surface area contributed by atoms with Crippen molar-refractivity contribution in [3.63, 3.8) is 0 Å². The average molecular weight is 771 g/mol. The SMILES string of the molecule is CCCCCCc1cc(CCCCCCCCCCCCCCCCCc2ccc(Cc3ccc(N)cc3)c(CCCCCC)c2)ccc1Cc1ccc(N)cc1. The average Bonchev–Trinajstić information content (AvgIpc) is 3.22. The van der Waals surface area contributed by atoms with Gasteiger partial charge in [-0.15, -0.1) is 0 Å². The summed E-state index contributed by atoms with van der Waals surface area (Å²) in [6.07, 6.45) is 38.5. The fourth-order valence-corrected chi connectivity index (χ4v) is 8.63. The molecule has 4 aromatic rings. The number of anilines is 2. The van der Waals surface area contributed by atoms with Gasteiger partial charge in [0.2, 0.25) is 0 Å². The molecule has 0 aliphatic heterocycles. The van der Waals surface area contributed by atoms with Crippen LogP contribution in [-0.2, 0) is 38.5 Å². The van der Waals surface area contributed by atoms with E-state index >= 15 is 0 Å². The van der Waals surface area contributed by atoms with Crippen LogP contribution in [0.3, 0.4) is 0 Å². The van der Waals surface area contributed by atoms with Gasteiger partial charge in [-0.2, -0.15) is 0 Å². The van der Waals surface area contributed by atoms with Crippen LogP contribution in [0.4, 0.5) is 11.4 Å². The van der Waals surface area contributed by atoms with Crippen LogP contribution in [0.5, 0.6) is 0 Å². The molecule has 4 aromatic carbocycles. The first-order chi connectivity index (χ1) is 28.0. The summed E-state index contributed by atoms with van der Waals surface area (Å²) in [5.74, 6) is 0. The lowest BCUT2D eigenvalue weighted by molar-refractivity contribution is 0.530. The highest BCUT2D eigenvalue weighted by Gasteiger charge is 2.09. The molecule has 0 aliphatic carbocycles. The van der Waals surface area contributed by atoms with Crippen LogP contribution < -0.4 is 11.5 Å². The van der Waals surface area contributed by atoms with E-state index in [2.05, 4.69) is 74.5 Å². The molecular weight excluding hydrogens is 689 g/mol. The third-order valence-corrected chi connectivity index (χ3v) is 12.3. The molecule has 57 heavy (non-hydrogen) atoms. The van der Waals surface area contributed by atoms with Gasteiger partial charge < -0.3 is 11.5 Å². The maximum Gasteiger partial charge on any atom is 0.0314 e. The van der Waals surface area contributed by atoms with Crippen LogP contribution in [0.2, 0.25) is 0 Å². The topological polar surface area (TPSA) is 52.0 Å². The number of nitrogens with two attached hydrogens (primary N) is 2. The largest absolute Gasteiger partial charge is 0.399 e. The Labute approximate surface area is 351 Å². The summed E-state index contributed by atoms with van der Waals surface area (Å²) in [4.78, 5) is 0. The van der Waals surface area contributed by atoms with Gasteiger partial charge in [-0.25, -0.2) is 0 Å². The molecule has 0 atom stereocenters. The molecule has 0 bridgehead atoms. The van der Waals surface area contributed by atoms with Crippen molar-refractivity contribution >= 4 is 11.4 Å². The summed E-state index contributed by atoms with van der Waals surface area (Å²) < 4.78 is 0. The minimum atomic E-state index is 0.847. The summed E-state index contributed by atoms with van der Waals surface area (Å²) >= 11 is 0. The number of nitrogen functional groups attached to an aromatic ring is 2. The Kier molecular flexibility index (Phi) is 23.3. The molecule has 0 radical (unpaired) electrons. The van der Waals surface area contributed by atoms with E-state index < -0.39 is 0 Å². The number of rotatable bonds is 32. The highest BCUT2D eigenvalue weighted by molar-refractivity contribution is 5.43. The van der Waals surface area contributed by atoms with Gasteiger partial charge in [0, 0.05) is 11.4 Å². The molecule has 0 spiro atoms. The molecule has 0 saturated carbocycles. The first kappa shape index (κ1) is 46.2. The van der Waals surface area contributed by atoms with Gasteiger partial charge in [-0.05, 0) is 133 Å². The lowest BCUT2D eigenvalue weighted by Gasteiger charge is -2.13. The van der Waals surface area contributed by atoms with Crippen LogP contribution in [0.15, 0.2) is 84.9 Å². The second-order valence-electron chi connectivity index (χ2n) is 17.5. The van der Waals surface area contributed by atoms with Gasteiger partial charge in [0.25, 0.3) is 0 Å². The summed E-state index contributed by atoms with van der Waals surface area (Å²) in [7, 11) is 0. The van der Waals surface area contributed by atoms with Crippen molar-refractivity contribution in [2.75, 3.05) is 11.5 Å². The minimum Gasteiger partial charge on any atom is -0.399 e. The molecule has 4 rings (SSSR count). The third kappa shape index (κ3) is 19.7. The molecule has 0 fully saturated rings. The molecule has 312 valence electrons. The Bertz CT molecular complexity index is 1480. The lowest BCUT2D eigenvalue weighted by atomic mass is 9.92. The van der Waals surface area contributed by atoms with E-state index in [9.17, 15) is 0 Å². The van der Waals surface area contributed by atoms with Crippen molar-refractivity contribution in [2.24, 2.45) is 0 Å². The zero-order valence-corrected chi connectivity index (χ0v) is 36.7. The van der Waals surface area contributed by atoms with Crippen molar-refractivity contribution in [3.05, 3.63) is 129 Å². The lowest BCUT2D eigenvalue weighted by Crippen LogP contribution is -1.99. The maximum absolute atomic E-state index is 5.94. The van der Waals surface area contributed by atoms with Gasteiger partial charge in [-0.1, -0.05) is 197 Å². The fourth-order valence-electron chi connectivity index (χ4n) is 8.63. The summed E-state index contributed by atoms with van der Waals surface area (Å²) in [5, 5.41) is 0. The molecule has 0 heterocycles. The van der Waals surface area contributed by atoms with E-state index in [1.807, 2.05) is 24.3 Å². The van der Waals surface area contributed by atoms with Crippen LogP contribution >= 0.6 is 0 Å². The smallest absolute Gasteiger partial charge is 0.0314 e. The summed E-state index contributed by atoms with van der Waals surface area (Å²) in [5.41, 5.74) is 25.5. The Hall–Kier alpha value is -3.52. The zero-order valence-electron chi connectivity index (χ0n) is 36.7. The minimum absolute atomic E-state index is 0.847. The van der Waals surface area contributed by atoms with Crippen molar-refractivity contribution in [3.8, 4) is 0 Å². The highest BCUT2D eigenvalue weighted by Crippen LogP contribution is 2.24. The molecule has 0 unspecified atom stereocenters. The van der Waals surface area contributed by atoms with Gasteiger partial charge >= 0.3 is 0 Å². The molecular formula is C55H82N2. The van der Waals surface area contributed by atoms with E-state index in [1.165, 1.54) is 207 Å². The Balaban J connectivity index is 0.997. The Morgan fingerprint density at radius 1 is 0.281 bits per heavy atom. The number of benzene rings is 4. The number of aryl methyl sites for hydroxylation is 4. The standard InChI is InChI=1S/C55H82N2/c1-3-5-7-24-28-50-42-46(30-36-52(50)44-48-32-38-54(56)39-33-48)26-22-20-18-16-14-12-10-9-11-13-15-17-19-21-23-27-47-31-37-53(45-49-34-40-55(57)41-35-49)51(43-47)29-25-8-6-4-2/h30-43H,3-29,44-45,56-57H2,1-2H3. The molecule has 0 aliphatic rings. The second kappa shape index (κ2) is 28.8. The zero-order chi connectivity index (χ0) is 40.2. The van der Waals surface area contributed by atoms with Crippen LogP contribution in [-0.4, -0.2) is 0 Å². The quantitative estimate of drug-likeness (QED) is 0.0384. The van der Waals surface area contributed by atoms with E-state index in [0.717, 1.165) is 24.2 Å². The van der Waals surface area contributed by atoms with Crippen LogP contribution in [0, 0.1) is 0 Å². The summed E-state index contributed by atoms with van der Waals surface area (Å²) in [6, 6.07) is 31.6. The van der Waals surface area contributed by atoms with Crippen LogP contribution in [0.1, 0.15) is 206 Å². The number of hydrogen-bond donors (Lipinski definition) is 2. The predicted octanol–water partition coefficient (Wildman–Crippen LogP) is 15.9. The molecule has 2 heteroatoms. The highest BCUT2D eigenvalue weighted by atomic mass is 14.5. The van der Waals surface area contributed by atoms with Crippen molar-refractivity contribution in [2.45, 2.75) is 200 Å². The first-order valence-electron chi connectivity index (χ1n) is 23.9. The van der Waals surface area contributed by atoms with Crippen LogP contribution in [0.25, 0.3) is 0 Å². The number of hydrogen-bond acceptors (Lipinski definition) is 2. The molecule has 0 saturated heterocycles. The number of unbranched alkanes of at least 4 members (excludes halogenated alkanes) is 20. The van der Waals surface area contributed by atoms with Gasteiger partial charge in [-0.3, -0.25) is 0 Å². The predicted molar refractivity (Wildman–Crippen MR) is 253 cm³/mol. The van der Waals surface area contributed by atoms with Gasteiger partial charge in [0.1, 0.15) is 0 Å². The van der Waals surface area contributed by atoms with Crippen molar-refractivity contribution in [1.82, 2.24) is 0 Å². The van der Waals surface area contributed by atoms with Crippen molar-refractivity contribution in [1.29, 1.82) is 0 Å². The normalized spacial score (nSPS) is 11.4. The van der Waals surface area contributed by atoms with E-state index in [-0.39, 0.29) is 0 Å². The summed E-state index contributed by atoms with van der Waals surface area (Å²) in [6.45, 7) is 4.60. The maximum atomic E-state index is 5.94. The van der Waals surface area contributed by atoms with Gasteiger partial charge in [0.05, 0.1) is 0 Å². The second-order valence-corrected chi connectivity index (χ2v) is 17.5. The third-order valence-electron chi connectivity index (χ3n) is 12.3. The fraction of sp³-hybridized carbons (Fsp3) is 0.564. The van der Waals surface area contributed by atoms with E-state index in [1.54, 1.807) is 11.1 Å². The molecule has 2 nitrogen and oxygen atoms in total. The first-order valence-corrected chi connectivity index (χ1v) is 23.9. The molecule has 4 N–H and O–H groups in total. The Morgan fingerprint density at radius 2 is 0.561 bits per heavy atom. The monoisotopic (exact) mass is 771 g/mol. The van der Waals surface area contributed by atoms with E-state index in [4.69, 9.17) is 11.5 Å². The Morgan fingerprint density at radius 3 is 0.895 bits per heavy atom. The van der Waals surface area contributed by atoms with E-state index in [0.29, 0.717) is 0 Å². The van der Waals surface area contributed by atoms with Gasteiger partial charge in [0.15, 0.2) is 0 Å².